The molecule has 2 amide bonds. The zero-order valence-corrected chi connectivity index (χ0v) is 10.2. The van der Waals surface area contributed by atoms with E-state index in [1.807, 2.05) is 13.8 Å². The molecule has 5 nitrogen and oxygen atoms in total. The topological polar surface area (TPSA) is 70.2 Å². The van der Waals surface area contributed by atoms with Gasteiger partial charge in [-0.25, -0.2) is 0 Å². The second-order valence-electron chi connectivity index (χ2n) is 4.83. The summed E-state index contributed by atoms with van der Waals surface area (Å²) in [6, 6.07) is -0.0829. The van der Waals surface area contributed by atoms with E-state index in [4.69, 9.17) is 0 Å². The van der Waals surface area contributed by atoms with Gasteiger partial charge in [-0.2, -0.15) is 0 Å². The SMILES string of the molecule is CNC(=O)C(C)(C)CNC(=O)C1CCCN1. The zero-order valence-electron chi connectivity index (χ0n) is 10.2. The highest BCUT2D eigenvalue weighted by atomic mass is 16.2. The molecule has 1 rings (SSSR count). The van der Waals surface area contributed by atoms with Gasteiger partial charge in [-0.15, -0.1) is 0 Å². The molecule has 0 bridgehead atoms. The van der Waals surface area contributed by atoms with Crippen molar-refractivity contribution in [1.29, 1.82) is 0 Å². The number of carbonyl (C=O) groups is 2. The highest BCUT2D eigenvalue weighted by Gasteiger charge is 2.29. The van der Waals surface area contributed by atoms with Crippen LogP contribution in [0.1, 0.15) is 26.7 Å². The predicted octanol–water partition coefficient (Wildman–Crippen LogP) is -0.373. The average molecular weight is 227 g/mol. The first-order valence-electron chi connectivity index (χ1n) is 5.70. The maximum atomic E-state index is 11.7. The van der Waals surface area contributed by atoms with Gasteiger partial charge >= 0.3 is 0 Å². The lowest BCUT2D eigenvalue weighted by Gasteiger charge is -2.23. The quantitative estimate of drug-likeness (QED) is 0.613. The number of hydrogen-bond donors (Lipinski definition) is 3. The zero-order chi connectivity index (χ0) is 12.2. The number of nitrogens with one attached hydrogen (secondary N) is 3. The number of amides is 2. The largest absolute Gasteiger partial charge is 0.359 e. The van der Waals surface area contributed by atoms with Crippen LogP contribution in [0.5, 0.6) is 0 Å². The predicted molar refractivity (Wildman–Crippen MR) is 61.9 cm³/mol. The first kappa shape index (κ1) is 13.0. The molecule has 3 N–H and O–H groups in total. The Labute approximate surface area is 96.4 Å². The van der Waals surface area contributed by atoms with Gasteiger partial charge in [-0.1, -0.05) is 0 Å². The number of hydrogen-bond acceptors (Lipinski definition) is 3. The van der Waals surface area contributed by atoms with Crippen LogP contribution in [0.25, 0.3) is 0 Å². The van der Waals surface area contributed by atoms with Gasteiger partial charge in [-0.05, 0) is 33.2 Å². The second-order valence-corrected chi connectivity index (χ2v) is 4.83. The van der Waals surface area contributed by atoms with Crippen LogP contribution in [-0.4, -0.2) is 38.0 Å². The molecule has 1 heterocycles. The summed E-state index contributed by atoms with van der Waals surface area (Å²) in [4.78, 5) is 23.2. The fraction of sp³-hybridized carbons (Fsp3) is 0.818. The molecule has 16 heavy (non-hydrogen) atoms. The molecule has 1 aliphatic heterocycles. The van der Waals surface area contributed by atoms with Crippen LogP contribution in [0.4, 0.5) is 0 Å². The third-order valence-electron chi connectivity index (χ3n) is 2.92. The van der Waals surface area contributed by atoms with Crippen molar-refractivity contribution in [3.63, 3.8) is 0 Å². The van der Waals surface area contributed by atoms with Crippen LogP contribution < -0.4 is 16.0 Å². The third-order valence-corrected chi connectivity index (χ3v) is 2.92. The summed E-state index contributed by atoms with van der Waals surface area (Å²) in [5.74, 6) is -0.0679. The molecule has 92 valence electrons. The van der Waals surface area contributed by atoms with Crippen molar-refractivity contribution in [3.05, 3.63) is 0 Å². The van der Waals surface area contributed by atoms with Gasteiger partial charge in [0.05, 0.1) is 11.5 Å². The van der Waals surface area contributed by atoms with Crippen LogP contribution in [0.2, 0.25) is 0 Å². The van der Waals surface area contributed by atoms with E-state index in [1.54, 1.807) is 7.05 Å². The maximum absolute atomic E-state index is 11.7. The van der Waals surface area contributed by atoms with E-state index in [2.05, 4.69) is 16.0 Å². The molecule has 0 aromatic heterocycles. The minimum absolute atomic E-state index is 0.00511. The Balaban J connectivity index is 2.38. The van der Waals surface area contributed by atoms with Gasteiger partial charge in [0.1, 0.15) is 0 Å². The highest BCUT2D eigenvalue weighted by Crippen LogP contribution is 2.13. The fourth-order valence-corrected chi connectivity index (χ4v) is 1.76. The first-order valence-corrected chi connectivity index (χ1v) is 5.70. The van der Waals surface area contributed by atoms with E-state index < -0.39 is 5.41 Å². The lowest BCUT2D eigenvalue weighted by molar-refractivity contribution is -0.129. The van der Waals surface area contributed by atoms with Crippen molar-refractivity contribution in [1.82, 2.24) is 16.0 Å². The third kappa shape index (κ3) is 3.20. The molecule has 0 aromatic rings. The number of carbonyl (C=O) groups excluding carboxylic acids is 2. The van der Waals surface area contributed by atoms with Crippen LogP contribution in [-0.2, 0) is 9.59 Å². The van der Waals surface area contributed by atoms with Gasteiger partial charge in [0.2, 0.25) is 11.8 Å². The van der Waals surface area contributed by atoms with E-state index in [0.29, 0.717) is 6.54 Å². The van der Waals surface area contributed by atoms with Crippen molar-refractivity contribution >= 4 is 11.8 Å². The lowest BCUT2D eigenvalue weighted by atomic mass is 9.92. The van der Waals surface area contributed by atoms with Crippen molar-refractivity contribution in [2.45, 2.75) is 32.7 Å². The van der Waals surface area contributed by atoms with Gasteiger partial charge in [0.25, 0.3) is 0 Å². The summed E-state index contributed by atoms with van der Waals surface area (Å²) in [5.41, 5.74) is -0.566. The van der Waals surface area contributed by atoms with Crippen LogP contribution in [0.15, 0.2) is 0 Å². The first-order chi connectivity index (χ1) is 7.47. The van der Waals surface area contributed by atoms with E-state index in [9.17, 15) is 9.59 Å². The smallest absolute Gasteiger partial charge is 0.237 e. The van der Waals surface area contributed by atoms with Crippen molar-refractivity contribution in [2.75, 3.05) is 20.1 Å². The molecule has 1 atom stereocenters. The molecule has 0 aliphatic carbocycles. The maximum Gasteiger partial charge on any atom is 0.237 e. The van der Waals surface area contributed by atoms with E-state index in [0.717, 1.165) is 19.4 Å². The Morgan fingerprint density at radius 3 is 2.62 bits per heavy atom. The van der Waals surface area contributed by atoms with E-state index in [1.165, 1.54) is 0 Å². The summed E-state index contributed by atoms with van der Waals surface area (Å²) in [7, 11) is 1.60. The molecule has 0 radical (unpaired) electrons. The molecular formula is C11H21N3O2. The number of rotatable bonds is 4. The molecule has 0 aromatic carbocycles. The van der Waals surface area contributed by atoms with Crippen LogP contribution in [0.3, 0.4) is 0 Å². The van der Waals surface area contributed by atoms with E-state index in [-0.39, 0.29) is 17.9 Å². The van der Waals surface area contributed by atoms with E-state index >= 15 is 0 Å². The molecule has 5 heteroatoms. The Morgan fingerprint density at radius 1 is 1.44 bits per heavy atom. The molecular weight excluding hydrogens is 206 g/mol. The minimum Gasteiger partial charge on any atom is -0.359 e. The molecule has 1 fully saturated rings. The van der Waals surface area contributed by atoms with Crippen LogP contribution >= 0.6 is 0 Å². The molecule has 1 saturated heterocycles. The van der Waals surface area contributed by atoms with Crippen molar-refractivity contribution in [2.24, 2.45) is 5.41 Å². The Kier molecular flexibility index (Phi) is 4.29. The van der Waals surface area contributed by atoms with Gasteiger partial charge in [-0.3, -0.25) is 9.59 Å². The summed E-state index contributed by atoms with van der Waals surface area (Å²) in [6.45, 7) is 4.89. The second kappa shape index (κ2) is 5.30. The van der Waals surface area contributed by atoms with Crippen molar-refractivity contribution < 1.29 is 9.59 Å². The summed E-state index contributed by atoms with van der Waals surface area (Å²) in [6.07, 6.45) is 1.92. The monoisotopic (exact) mass is 227 g/mol. The van der Waals surface area contributed by atoms with Crippen molar-refractivity contribution in [3.8, 4) is 0 Å². The molecule has 1 aliphatic rings. The summed E-state index contributed by atoms with van der Waals surface area (Å²) >= 11 is 0. The Bertz CT molecular complexity index is 270. The van der Waals surface area contributed by atoms with Crippen LogP contribution in [0, 0.1) is 5.41 Å². The highest BCUT2D eigenvalue weighted by molar-refractivity contribution is 5.85. The van der Waals surface area contributed by atoms with Gasteiger partial charge in [0, 0.05) is 13.6 Å². The minimum atomic E-state index is -0.566. The fourth-order valence-electron chi connectivity index (χ4n) is 1.76. The summed E-state index contributed by atoms with van der Waals surface area (Å²) < 4.78 is 0. The molecule has 0 spiro atoms. The van der Waals surface area contributed by atoms with Gasteiger partial charge < -0.3 is 16.0 Å². The summed E-state index contributed by atoms with van der Waals surface area (Å²) in [5, 5.41) is 8.53. The Morgan fingerprint density at radius 2 is 2.12 bits per heavy atom. The standard InChI is InChI=1S/C11H21N3O2/c1-11(2,10(16)12-3)7-14-9(15)8-5-4-6-13-8/h8,13H,4-7H2,1-3H3,(H,12,16)(H,14,15). The Hall–Kier alpha value is -1.10. The lowest BCUT2D eigenvalue weighted by Crippen LogP contribution is -2.48. The van der Waals surface area contributed by atoms with Gasteiger partial charge in [0.15, 0.2) is 0 Å². The normalized spacial score (nSPS) is 20.6. The molecule has 1 unspecified atom stereocenters. The molecule has 0 saturated carbocycles. The average Bonchev–Trinajstić information content (AvgIpc) is 2.78.